The second-order valence-electron chi connectivity index (χ2n) is 10.8. The molecule has 0 radical (unpaired) electrons. The van der Waals surface area contributed by atoms with Gasteiger partial charge in [0.1, 0.15) is 5.01 Å². The Balaban J connectivity index is 0.000000244. The summed E-state index contributed by atoms with van der Waals surface area (Å²) in [7, 11) is 1.90. The number of nitrogens with zero attached hydrogens (tertiary/aromatic N) is 4. The summed E-state index contributed by atoms with van der Waals surface area (Å²) in [6.07, 6.45) is 8.73. The molecule has 9 heteroatoms. The molecule has 1 unspecified atom stereocenters. The highest BCUT2D eigenvalue weighted by molar-refractivity contribution is 7.09. The molecule has 8 nitrogen and oxygen atoms in total. The number of carbonyl (C=O) groups is 2. The quantitative estimate of drug-likeness (QED) is 0.165. The van der Waals surface area contributed by atoms with Crippen LogP contribution >= 0.6 is 11.3 Å². The van der Waals surface area contributed by atoms with Crippen LogP contribution in [0.4, 0.5) is 0 Å². The Morgan fingerprint density at radius 3 is 2.44 bits per heavy atom. The van der Waals surface area contributed by atoms with Gasteiger partial charge in [-0.2, -0.15) is 5.10 Å². The SMILES string of the molecule is CCCNCCCNC=O.Cc1cc(C(=O)N2CCCC2c2nc(C)cs2)cc(-c2cnn(C)c2)c1.Cc1ccccc1. The van der Waals surface area contributed by atoms with Crippen LogP contribution < -0.4 is 10.6 Å². The lowest BCUT2D eigenvalue weighted by atomic mass is 10.0. The van der Waals surface area contributed by atoms with Crippen molar-refractivity contribution < 1.29 is 9.59 Å². The molecule has 3 heterocycles. The van der Waals surface area contributed by atoms with E-state index in [4.69, 9.17) is 0 Å². The van der Waals surface area contributed by atoms with Crippen LogP contribution in [0.2, 0.25) is 0 Å². The maximum atomic E-state index is 13.3. The molecule has 0 aliphatic carbocycles. The summed E-state index contributed by atoms with van der Waals surface area (Å²) >= 11 is 1.65. The minimum absolute atomic E-state index is 0.0918. The molecular formula is C34H46N6O2S. The number of likely N-dealkylation sites (tertiary alicyclic amines) is 1. The normalized spacial score (nSPS) is 13.9. The van der Waals surface area contributed by atoms with Gasteiger partial charge in [-0.3, -0.25) is 14.3 Å². The van der Waals surface area contributed by atoms with E-state index in [1.54, 1.807) is 16.0 Å². The van der Waals surface area contributed by atoms with Crippen molar-refractivity contribution in [3.63, 3.8) is 0 Å². The third kappa shape index (κ3) is 11.1. The molecule has 230 valence electrons. The van der Waals surface area contributed by atoms with Gasteiger partial charge in [-0.05, 0) is 82.8 Å². The summed E-state index contributed by atoms with van der Waals surface area (Å²) in [5.41, 5.74) is 6.22. The van der Waals surface area contributed by atoms with Crippen molar-refractivity contribution in [2.45, 2.75) is 59.4 Å². The molecule has 43 heavy (non-hydrogen) atoms. The number of benzene rings is 2. The van der Waals surface area contributed by atoms with Crippen LogP contribution in [0.3, 0.4) is 0 Å². The molecule has 1 saturated heterocycles. The van der Waals surface area contributed by atoms with Gasteiger partial charge in [-0.25, -0.2) is 4.98 Å². The number of nitrogens with one attached hydrogen (secondary N) is 2. The lowest BCUT2D eigenvalue weighted by Gasteiger charge is -2.23. The summed E-state index contributed by atoms with van der Waals surface area (Å²) in [5, 5.41) is 13.2. The minimum atomic E-state index is 0.0918. The average Bonchev–Trinajstić information content (AvgIpc) is 3.76. The molecule has 1 aliphatic rings. The third-order valence-electron chi connectivity index (χ3n) is 6.92. The van der Waals surface area contributed by atoms with E-state index < -0.39 is 0 Å². The number of amides is 2. The van der Waals surface area contributed by atoms with Gasteiger partial charge in [0.15, 0.2) is 0 Å². The first-order valence-electron chi connectivity index (χ1n) is 15.1. The number of hydrogen-bond acceptors (Lipinski definition) is 6. The van der Waals surface area contributed by atoms with Crippen molar-refractivity contribution in [3.05, 3.63) is 93.7 Å². The number of aryl methyl sites for hydroxylation is 4. The Hall–Kier alpha value is -3.82. The molecule has 1 fully saturated rings. The monoisotopic (exact) mass is 602 g/mol. The van der Waals surface area contributed by atoms with E-state index in [2.05, 4.69) is 58.1 Å². The summed E-state index contributed by atoms with van der Waals surface area (Å²) < 4.78 is 1.78. The highest BCUT2D eigenvalue weighted by Gasteiger charge is 2.32. The van der Waals surface area contributed by atoms with Crippen LogP contribution in [-0.4, -0.2) is 58.2 Å². The van der Waals surface area contributed by atoms with Crippen molar-refractivity contribution in [2.75, 3.05) is 26.2 Å². The first-order valence-corrected chi connectivity index (χ1v) is 15.9. The van der Waals surface area contributed by atoms with Crippen molar-refractivity contribution in [1.29, 1.82) is 0 Å². The molecule has 2 amide bonds. The Morgan fingerprint density at radius 1 is 1.05 bits per heavy atom. The van der Waals surface area contributed by atoms with E-state index >= 15 is 0 Å². The van der Waals surface area contributed by atoms with Crippen molar-refractivity contribution in [2.24, 2.45) is 7.05 Å². The predicted octanol–water partition coefficient (Wildman–Crippen LogP) is 6.25. The number of aromatic nitrogens is 3. The average molecular weight is 603 g/mol. The first kappa shape index (κ1) is 33.7. The van der Waals surface area contributed by atoms with Gasteiger partial charge in [0, 0.05) is 48.5 Å². The molecule has 0 saturated carbocycles. The van der Waals surface area contributed by atoms with Gasteiger partial charge in [-0.1, -0.05) is 48.9 Å². The van der Waals surface area contributed by atoms with Crippen LogP contribution in [0.1, 0.15) is 70.8 Å². The molecule has 1 aliphatic heterocycles. The van der Waals surface area contributed by atoms with Crippen molar-refractivity contribution in [3.8, 4) is 11.1 Å². The number of thiazole rings is 1. The molecule has 2 aromatic heterocycles. The van der Waals surface area contributed by atoms with Crippen molar-refractivity contribution in [1.82, 2.24) is 30.3 Å². The fraction of sp³-hybridized carbons (Fsp3) is 0.412. The van der Waals surface area contributed by atoms with Crippen LogP contribution in [0, 0.1) is 20.8 Å². The summed E-state index contributed by atoms with van der Waals surface area (Å²) in [4.78, 5) is 29.6. The van der Waals surface area contributed by atoms with E-state index in [-0.39, 0.29) is 11.9 Å². The lowest BCUT2D eigenvalue weighted by molar-refractivity contribution is -0.109. The lowest BCUT2D eigenvalue weighted by Crippen LogP contribution is -2.30. The van der Waals surface area contributed by atoms with Gasteiger partial charge >= 0.3 is 0 Å². The highest BCUT2D eigenvalue weighted by atomic mass is 32.1. The maximum absolute atomic E-state index is 13.3. The summed E-state index contributed by atoms with van der Waals surface area (Å²) in [5.74, 6) is 0.0918. The summed E-state index contributed by atoms with van der Waals surface area (Å²) in [6.45, 7) is 11.9. The molecule has 5 rings (SSSR count). The largest absolute Gasteiger partial charge is 0.359 e. The number of hydrogen-bond donors (Lipinski definition) is 2. The smallest absolute Gasteiger partial charge is 0.254 e. The molecule has 2 N–H and O–H groups in total. The van der Waals surface area contributed by atoms with E-state index in [1.165, 1.54) is 12.0 Å². The van der Waals surface area contributed by atoms with Gasteiger partial charge in [0.2, 0.25) is 6.41 Å². The zero-order valence-corrected chi connectivity index (χ0v) is 27.0. The van der Waals surface area contributed by atoms with Crippen LogP contribution in [0.15, 0.2) is 66.3 Å². The molecule has 1 atom stereocenters. The Labute approximate surface area is 260 Å². The van der Waals surface area contributed by atoms with Crippen LogP contribution in [0.25, 0.3) is 11.1 Å². The van der Waals surface area contributed by atoms with E-state index in [9.17, 15) is 9.59 Å². The zero-order valence-electron chi connectivity index (χ0n) is 26.2. The van der Waals surface area contributed by atoms with Crippen molar-refractivity contribution >= 4 is 23.7 Å². The number of rotatable bonds is 10. The van der Waals surface area contributed by atoms with Gasteiger partial charge in [0.25, 0.3) is 5.91 Å². The third-order valence-corrected chi connectivity index (χ3v) is 7.99. The van der Waals surface area contributed by atoms with Gasteiger partial charge in [-0.15, -0.1) is 11.3 Å². The molecule has 4 aromatic rings. The molecule has 0 spiro atoms. The fourth-order valence-electron chi connectivity index (χ4n) is 4.81. The highest BCUT2D eigenvalue weighted by Crippen LogP contribution is 2.35. The number of carbonyl (C=O) groups excluding carboxylic acids is 2. The topological polar surface area (TPSA) is 92.2 Å². The maximum Gasteiger partial charge on any atom is 0.254 e. The Bertz CT molecular complexity index is 1400. The predicted molar refractivity (Wildman–Crippen MR) is 176 cm³/mol. The zero-order chi connectivity index (χ0) is 31.0. The second-order valence-corrected chi connectivity index (χ2v) is 11.7. The van der Waals surface area contributed by atoms with Gasteiger partial charge < -0.3 is 15.5 Å². The summed E-state index contributed by atoms with van der Waals surface area (Å²) in [6, 6.07) is 16.4. The fourth-order valence-corrected chi connectivity index (χ4v) is 5.75. The molecular weight excluding hydrogens is 556 g/mol. The van der Waals surface area contributed by atoms with E-state index in [1.807, 2.05) is 68.5 Å². The second kappa shape index (κ2) is 18.0. The first-order chi connectivity index (χ1) is 20.8. The van der Waals surface area contributed by atoms with Crippen LogP contribution in [0.5, 0.6) is 0 Å². The Kier molecular flexibility index (Phi) is 14.1. The molecule has 2 aromatic carbocycles. The molecule has 0 bridgehead atoms. The van der Waals surface area contributed by atoms with E-state index in [0.717, 1.165) is 84.8 Å². The van der Waals surface area contributed by atoms with Gasteiger partial charge in [0.05, 0.1) is 12.2 Å². The standard InChI is InChI=1S/C20H22N4OS.C7H16N2O.C7H8/c1-13-7-15(17-10-21-23(3)11-17)9-16(8-13)20(25)24-6-4-5-18(24)19-22-14(2)12-26-19;1-2-4-8-5-3-6-9-7-10;1-7-5-3-2-4-6-7/h7-12,18H,4-6H2,1-3H3;7-8H,2-6H2,1H3,(H,9,10);2-6H,1H3. The van der Waals surface area contributed by atoms with E-state index in [0.29, 0.717) is 0 Å². The minimum Gasteiger partial charge on any atom is -0.359 e. The van der Waals surface area contributed by atoms with Crippen LogP contribution in [-0.2, 0) is 11.8 Å². The Morgan fingerprint density at radius 2 is 1.84 bits per heavy atom.